The molecule has 1 saturated heterocycles. The molecule has 0 aromatic carbocycles. The maximum Gasteiger partial charge on any atom is 0.410 e. The van der Waals surface area contributed by atoms with Crippen LogP contribution >= 0.6 is 22.6 Å². The van der Waals surface area contributed by atoms with Crippen LogP contribution in [0.15, 0.2) is 6.20 Å². The second kappa shape index (κ2) is 5.82. The number of carboxylic acids is 1. The number of hydrogen-bond donors (Lipinski definition) is 1. The van der Waals surface area contributed by atoms with Crippen LogP contribution in [0.2, 0.25) is 0 Å². The number of nitrogens with zero attached hydrogens (tertiary/aromatic N) is 3. The van der Waals surface area contributed by atoms with Crippen LogP contribution in [-0.4, -0.2) is 50.5 Å². The van der Waals surface area contributed by atoms with Gasteiger partial charge in [-0.3, -0.25) is 4.68 Å². The van der Waals surface area contributed by atoms with Crippen LogP contribution in [0, 0.1) is 3.70 Å². The minimum Gasteiger partial charge on any atom is -0.478 e. The first-order valence-corrected chi connectivity index (χ1v) is 7.71. The van der Waals surface area contributed by atoms with Crippen molar-refractivity contribution in [1.29, 1.82) is 0 Å². The standard InChI is InChI=1S/C13H18IN3O4/c1-13(2,3)21-12(20)16-5-4-8(6-16)17-7-9(11(18)19)10(14)15-17/h7-8H,4-6H2,1-3H3,(H,18,19)/t8-/m0/s1. The van der Waals surface area contributed by atoms with E-state index in [1.165, 1.54) is 6.20 Å². The fourth-order valence-electron chi connectivity index (χ4n) is 2.15. The molecular formula is C13H18IN3O4. The summed E-state index contributed by atoms with van der Waals surface area (Å²) in [5.74, 6) is -0.993. The van der Waals surface area contributed by atoms with E-state index in [4.69, 9.17) is 9.84 Å². The predicted molar refractivity (Wildman–Crippen MR) is 83.4 cm³/mol. The Hall–Kier alpha value is -1.32. The normalized spacial score (nSPS) is 18.9. The lowest BCUT2D eigenvalue weighted by atomic mass is 10.2. The molecule has 1 atom stereocenters. The monoisotopic (exact) mass is 407 g/mol. The van der Waals surface area contributed by atoms with E-state index in [0.29, 0.717) is 16.8 Å². The zero-order valence-corrected chi connectivity index (χ0v) is 14.3. The summed E-state index contributed by atoms with van der Waals surface area (Å²) in [6, 6.07) is -0.0147. The summed E-state index contributed by atoms with van der Waals surface area (Å²) in [7, 11) is 0. The van der Waals surface area contributed by atoms with Crippen molar-refractivity contribution in [2.24, 2.45) is 0 Å². The van der Waals surface area contributed by atoms with Gasteiger partial charge >= 0.3 is 12.1 Å². The molecule has 0 spiro atoms. The number of amides is 1. The van der Waals surface area contributed by atoms with Crippen LogP contribution in [0.3, 0.4) is 0 Å². The molecule has 0 bridgehead atoms. The maximum atomic E-state index is 12.0. The van der Waals surface area contributed by atoms with Gasteiger partial charge in [0, 0.05) is 19.3 Å². The summed E-state index contributed by atoms with van der Waals surface area (Å²) in [4.78, 5) is 24.7. The van der Waals surface area contributed by atoms with E-state index in [1.807, 2.05) is 43.4 Å². The number of likely N-dealkylation sites (tertiary alicyclic amines) is 1. The van der Waals surface area contributed by atoms with Crippen LogP contribution in [0.5, 0.6) is 0 Å². The van der Waals surface area contributed by atoms with Gasteiger partial charge in [-0.1, -0.05) is 0 Å². The van der Waals surface area contributed by atoms with E-state index in [-0.39, 0.29) is 17.7 Å². The molecule has 7 nitrogen and oxygen atoms in total. The van der Waals surface area contributed by atoms with Gasteiger partial charge < -0.3 is 14.7 Å². The molecule has 1 aromatic rings. The molecular weight excluding hydrogens is 389 g/mol. The third kappa shape index (κ3) is 3.86. The Bertz CT molecular complexity index is 564. The molecule has 0 radical (unpaired) electrons. The smallest absolute Gasteiger partial charge is 0.410 e. The predicted octanol–water partition coefficient (Wildman–Crippen LogP) is 2.37. The zero-order valence-electron chi connectivity index (χ0n) is 12.2. The first-order chi connectivity index (χ1) is 9.67. The molecule has 1 aromatic heterocycles. The average Bonchev–Trinajstić information content (AvgIpc) is 2.92. The molecule has 1 aliphatic heterocycles. The quantitative estimate of drug-likeness (QED) is 0.762. The molecule has 21 heavy (non-hydrogen) atoms. The van der Waals surface area contributed by atoms with E-state index < -0.39 is 11.6 Å². The summed E-state index contributed by atoms with van der Waals surface area (Å²) < 4.78 is 7.42. The van der Waals surface area contributed by atoms with Crippen molar-refractivity contribution >= 4 is 34.7 Å². The Labute approximate surface area is 136 Å². The Balaban J connectivity index is 2.04. The van der Waals surface area contributed by atoms with Gasteiger partial charge in [0.1, 0.15) is 14.9 Å². The molecule has 8 heteroatoms. The molecule has 1 N–H and O–H groups in total. The molecule has 1 amide bonds. The summed E-state index contributed by atoms with van der Waals surface area (Å²) >= 11 is 1.90. The van der Waals surface area contributed by atoms with Crippen LogP contribution in [0.25, 0.3) is 0 Å². The highest BCUT2D eigenvalue weighted by atomic mass is 127. The highest BCUT2D eigenvalue weighted by molar-refractivity contribution is 14.1. The van der Waals surface area contributed by atoms with Gasteiger partial charge in [-0.05, 0) is 49.8 Å². The summed E-state index contributed by atoms with van der Waals surface area (Å²) in [5.41, 5.74) is -0.335. The van der Waals surface area contributed by atoms with Gasteiger partial charge in [0.15, 0.2) is 0 Å². The highest BCUT2D eigenvalue weighted by Crippen LogP contribution is 2.24. The van der Waals surface area contributed by atoms with Crippen LogP contribution in [0.4, 0.5) is 4.79 Å². The fourth-order valence-corrected chi connectivity index (χ4v) is 2.77. The Kier molecular flexibility index (Phi) is 4.45. The first kappa shape index (κ1) is 16.1. The van der Waals surface area contributed by atoms with Crippen molar-refractivity contribution in [2.75, 3.05) is 13.1 Å². The van der Waals surface area contributed by atoms with Crippen molar-refractivity contribution in [2.45, 2.75) is 38.8 Å². The third-order valence-corrected chi connectivity index (χ3v) is 3.90. The van der Waals surface area contributed by atoms with Gasteiger partial charge in [0.25, 0.3) is 0 Å². The molecule has 116 valence electrons. The Morgan fingerprint density at radius 2 is 2.14 bits per heavy atom. The van der Waals surface area contributed by atoms with Gasteiger partial charge in [0.2, 0.25) is 0 Å². The molecule has 1 aliphatic rings. The first-order valence-electron chi connectivity index (χ1n) is 6.63. The van der Waals surface area contributed by atoms with E-state index in [0.717, 1.165) is 6.42 Å². The Morgan fingerprint density at radius 3 is 2.67 bits per heavy atom. The van der Waals surface area contributed by atoms with E-state index in [9.17, 15) is 9.59 Å². The van der Waals surface area contributed by atoms with Gasteiger partial charge in [0.05, 0.1) is 6.04 Å². The van der Waals surface area contributed by atoms with Crippen LogP contribution in [-0.2, 0) is 4.74 Å². The number of carbonyl (C=O) groups is 2. The average molecular weight is 407 g/mol. The summed E-state index contributed by atoms with van der Waals surface area (Å²) in [5, 5.41) is 13.3. The molecule has 1 fully saturated rings. The van der Waals surface area contributed by atoms with Crippen molar-refractivity contribution in [3.05, 3.63) is 15.5 Å². The minimum atomic E-state index is -0.993. The molecule has 0 saturated carbocycles. The van der Waals surface area contributed by atoms with E-state index >= 15 is 0 Å². The van der Waals surface area contributed by atoms with Crippen LogP contribution < -0.4 is 0 Å². The number of rotatable bonds is 2. The molecule has 2 heterocycles. The SMILES string of the molecule is CC(C)(C)OC(=O)N1CC[C@H](n2cc(C(=O)O)c(I)n2)C1. The lowest BCUT2D eigenvalue weighted by molar-refractivity contribution is 0.0288. The number of halogens is 1. The van der Waals surface area contributed by atoms with Gasteiger partial charge in [-0.2, -0.15) is 5.10 Å². The largest absolute Gasteiger partial charge is 0.478 e. The van der Waals surface area contributed by atoms with Crippen molar-refractivity contribution in [3.8, 4) is 0 Å². The lowest BCUT2D eigenvalue weighted by Crippen LogP contribution is -2.35. The third-order valence-electron chi connectivity index (χ3n) is 3.11. The van der Waals surface area contributed by atoms with Crippen molar-refractivity contribution in [3.63, 3.8) is 0 Å². The Morgan fingerprint density at radius 1 is 1.48 bits per heavy atom. The number of hydrogen-bond acceptors (Lipinski definition) is 4. The second-order valence-corrected chi connectivity index (χ2v) is 7.01. The topological polar surface area (TPSA) is 84.7 Å². The number of carboxylic acid groups (broad SMARTS) is 1. The summed E-state index contributed by atoms with van der Waals surface area (Å²) in [6.07, 6.45) is 1.91. The summed E-state index contributed by atoms with van der Waals surface area (Å²) in [6.45, 7) is 6.54. The second-order valence-electron chi connectivity index (χ2n) is 5.99. The minimum absolute atomic E-state index is 0.0147. The molecule has 0 unspecified atom stereocenters. The number of carbonyl (C=O) groups excluding carboxylic acids is 1. The molecule has 0 aliphatic carbocycles. The van der Waals surface area contributed by atoms with Crippen molar-refractivity contribution < 1.29 is 19.4 Å². The van der Waals surface area contributed by atoms with Gasteiger partial charge in [-0.15, -0.1) is 0 Å². The zero-order chi connectivity index (χ0) is 15.8. The molecule has 2 rings (SSSR count). The van der Waals surface area contributed by atoms with Gasteiger partial charge in [-0.25, -0.2) is 9.59 Å². The van der Waals surface area contributed by atoms with E-state index in [1.54, 1.807) is 9.58 Å². The number of aromatic nitrogens is 2. The number of ether oxygens (including phenoxy) is 1. The van der Waals surface area contributed by atoms with Crippen molar-refractivity contribution in [1.82, 2.24) is 14.7 Å². The van der Waals surface area contributed by atoms with Crippen LogP contribution in [0.1, 0.15) is 43.6 Å². The number of aromatic carboxylic acids is 1. The fraction of sp³-hybridized carbons (Fsp3) is 0.615. The maximum absolute atomic E-state index is 12.0. The highest BCUT2D eigenvalue weighted by Gasteiger charge is 2.31. The lowest BCUT2D eigenvalue weighted by Gasteiger charge is -2.24. The van der Waals surface area contributed by atoms with E-state index in [2.05, 4.69) is 5.10 Å².